The van der Waals surface area contributed by atoms with E-state index in [9.17, 15) is 4.79 Å². The van der Waals surface area contributed by atoms with Gasteiger partial charge in [0.2, 0.25) is 5.91 Å². The van der Waals surface area contributed by atoms with Gasteiger partial charge in [-0.2, -0.15) is 0 Å². The summed E-state index contributed by atoms with van der Waals surface area (Å²) < 4.78 is 0. The summed E-state index contributed by atoms with van der Waals surface area (Å²) in [5.74, 6) is 0.113. The molecule has 0 radical (unpaired) electrons. The van der Waals surface area contributed by atoms with E-state index in [4.69, 9.17) is 0 Å². The molecule has 0 saturated heterocycles. The summed E-state index contributed by atoms with van der Waals surface area (Å²) in [4.78, 5) is 21.7. The van der Waals surface area contributed by atoms with Gasteiger partial charge < -0.3 is 5.32 Å². The molecule has 5 heteroatoms. The van der Waals surface area contributed by atoms with E-state index < -0.39 is 0 Å². The summed E-state index contributed by atoms with van der Waals surface area (Å²) in [6.45, 7) is 6.01. The van der Waals surface area contributed by atoms with Crippen LogP contribution in [0.1, 0.15) is 32.4 Å². The van der Waals surface area contributed by atoms with Crippen molar-refractivity contribution in [1.82, 2.24) is 9.97 Å². The number of carbonyl (C=O) groups is 1. The summed E-state index contributed by atoms with van der Waals surface area (Å²) in [7, 11) is 0. The summed E-state index contributed by atoms with van der Waals surface area (Å²) in [5.41, 5.74) is 1.95. The Morgan fingerprint density at radius 3 is 2.75 bits per heavy atom. The number of carbonyl (C=O) groups excluding carboxylic acids is 1. The van der Waals surface area contributed by atoms with Crippen molar-refractivity contribution in [3.05, 3.63) is 30.2 Å². The lowest BCUT2D eigenvalue weighted by atomic mass is 10.0. The fourth-order valence-corrected chi connectivity index (χ4v) is 3.04. The van der Waals surface area contributed by atoms with E-state index in [-0.39, 0.29) is 11.8 Å². The maximum absolute atomic E-state index is 12.1. The van der Waals surface area contributed by atoms with Gasteiger partial charge >= 0.3 is 0 Å². The molecule has 0 aliphatic rings. The molecule has 0 fully saturated rings. The Balaban J connectivity index is 2.18. The third kappa shape index (κ3) is 3.22. The maximum atomic E-state index is 12.1. The minimum absolute atomic E-state index is 0.0565. The van der Waals surface area contributed by atoms with Crippen LogP contribution < -0.4 is 5.32 Å². The van der Waals surface area contributed by atoms with E-state index in [2.05, 4.69) is 15.3 Å². The van der Waals surface area contributed by atoms with E-state index >= 15 is 0 Å². The van der Waals surface area contributed by atoms with Crippen LogP contribution in [0.5, 0.6) is 0 Å². The molecule has 106 valence electrons. The van der Waals surface area contributed by atoms with E-state index in [1.807, 2.05) is 39.1 Å². The van der Waals surface area contributed by atoms with Gasteiger partial charge in [0.25, 0.3) is 0 Å². The average Bonchev–Trinajstić information content (AvgIpc) is 2.82. The Bertz CT molecular complexity index is 576. The van der Waals surface area contributed by atoms with Crippen LogP contribution in [-0.2, 0) is 4.79 Å². The second-order valence-electron chi connectivity index (χ2n) is 4.68. The molecule has 1 amide bonds. The van der Waals surface area contributed by atoms with Crippen molar-refractivity contribution in [2.75, 3.05) is 5.32 Å². The van der Waals surface area contributed by atoms with Gasteiger partial charge in [-0.1, -0.05) is 31.3 Å². The van der Waals surface area contributed by atoms with E-state index in [1.54, 1.807) is 6.20 Å². The molecule has 0 bridgehead atoms. The number of rotatable bonds is 5. The Labute approximate surface area is 123 Å². The Kier molecular flexibility index (Phi) is 4.84. The first-order valence-corrected chi connectivity index (χ1v) is 7.66. The second-order valence-corrected chi connectivity index (χ2v) is 5.68. The second kappa shape index (κ2) is 6.61. The van der Waals surface area contributed by atoms with Crippen molar-refractivity contribution in [2.24, 2.45) is 5.92 Å². The third-order valence-electron chi connectivity index (χ3n) is 3.31. The number of hydrogen-bond acceptors (Lipinski definition) is 4. The quantitative estimate of drug-likeness (QED) is 0.908. The topological polar surface area (TPSA) is 54.9 Å². The molecule has 0 unspecified atom stereocenters. The largest absolute Gasteiger partial charge is 0.302 e. The Morgan fingerprint density at radius 2 is 2.15 bits per heavy atom. The van der Waals surface area contributed by atoms with Gasteiger partial charge in [0.15, 0.2) is 5.13 Å². The molecular weight excluding hydrogens is 270 g/mol. The number of amides is 1. The zero-order chi connectivity index (χ0) is 14.5. The lowest BCUT2D eigenvalue weighted by Crippen LogP contribution is -2.21. The first kappa shape index (κ1) is 14.7. The Hall–Kier alpha value is -1.75. The highest BCUT2D eigenvalue weighted by molar-refractivity contribution is 7.19. The monoisotopic (exact) mass is 289 g/mol. The third-order valence-corrected chi connectivity index (χ3v) is 4.43. The van der Waals surface area contributed by atoms with E-state index in [0.29, 0.717) is 5.13 Å². The van der Waals surface area contributed by atoms with Gasteiger partial charge in [-0.05, 0) is 25.8 Å². The highest BCUT2D eigenvalue weighted by Crippen LogP contribution is 2.32. The van der Waals surface area contributed by atoms with E-state index in [0.717, 1.165) is 29.0 Å². The number of nitrogens with zero attached hydrogens (tertiary/aromatic N) is 2. The molecule has 0 aromatic carbocycles. The van der Waals surface area contributed by atoms with Crippen molar-refractivity contribution in [1.29, 1.82) is 0 Å². The predicted octanol–water partition coefficient (Wildman–Crippen LogP) is 3.89. The van der Waals surface area contributed by atoms with Crippen molar-refractivity contribution >= 4 is 22.4 Å². The van der Waals surface area contributed by atoms with Gasteiger partial charge in [0, 0.05) is 23.9 Å². The highest BCUT2D eigenvalue weighted by atomic mass is 32.1. The first-order valence-electron chi connectivity index (χ1n) is 6.84. The van der Waals surface area contributed by atoms with Crippen molar-refractivity contribution < 1.29 is 4.79 Å². The molecule has 2 heterocycles. The summed E-state index contributed by atoms with van der Waals surface area (Å²) in [6.07, 6.45) is 5.26. The zero-order valence-electron chi connectivity index (χ0n) is 12.0. The molecule has 0 saturated carbocycles. The van der Waals surface area contributed by atoms with Crippen LogP contribution in [0, 0.1) is 12.8 Å². The maximum Gasteiger partial charge on any atom is 0.229 e. The molecule has 1 N–H and O–H groups in total. The van der Waals surface area contributed by atoms with Gasteiger partial charge in [-0.3, -0.25) is 9.78 Å². The molecule has 4 nitrogen and oxygen atoms in total. The SMILES string of the molecule is CCC(CC)C(=O)Nc1nc(C)c(-c2cccnc2)s1. The smallest absolute Gasteiger partial charge is 0.229 e. The number of thiazole rings is 1. The number of aryl methyl sites for hydroxylation is 1. The zero-order valence-corrected chi connectivity index (χ0v) is 12.8. The number of aromatic nitrogens is 2. The molecule has 0 aliphatic heterocycles. The predicted molar refractivity (Wildman–Crippen MR) is 82.8 cm³/mol. The molecule has 0 atom stereocenters. The highest BCUT2D eigenvalue weighted by Gasteiger charge is 2.17. The number of pyridine rings is 1. The van der Waals surface area contributed by atoms with Crippen molar-refractivity contribution in [2.45, 2.75) is 33.6 Å². The first-order chi connectivity index (χ1) is 9.65. The molecular formula is C15H19N3OS. The summed E-state index contributed by atoms with van der Waals surface area (Å²) in [6, 6.07) is 3.90. The van der Waals surface area contributed by atoms with Crippen molar-refractivity contribution in [3.8, 4) is 10.4 Å². The summed E-state index contributed by atoms with van der Waals surface area (Å²) >= 11 is 1.50. The van der Waals surface area contributed by atoms with E-state index in [1.165, 1.54) is 11.3 Å². The van der Waals surface area contributed by atoms with Crippen LogP contribution in [0.4, 0.5) is 5.13 Å². The van der Waals surface area contributed by atoms with Crippen LogP contribution in [0.25, 0.3) is 10.4 Å². The molecule has 2 aromatic rings. The number of hydrogen-bond donors (Lipinski definition) is 1. The molecule has 20 heavy (non-hydrogen) atoms. The average molecular weight is 289 g/mol. The van der Waals surface area contributed by atoms with Gasteiger partial charge in [0.1, 0.15) is 0 Å². The summed E-state index contributed by atoms with van der Waals surface area (Å²) in [5, 5.41) is 3.59. The lowest BCUT2D eigenvalue weighted by molar-refractivity contribution is -0.120. The van der Waals surface area contributed by atoms with Crippen LogP contribution in [0.2, 0.25) is 0 Å². The fourth-order valence-electron chi connectivity index (χ4n) is 2.08. The standard InChI is InChI=1S/C15H19N3OS/c1-4-11(5-2)14(19)18-15-17-10(3)13(20-15)12-7-6-8-16-9-12/h6-9,11H,4-5H2,1-3H3,(H,17,18,19). The molecule has 0 aliphatic carbocycles. The minimum Gasteiger partial charge on any atom is -0.302 e. The van der Waals surface area contributed by atoms with Crippen LogP contribution in [0.3, 0.4) is 0 Å². The lowest BCUT2D eigenvalue weighted by Gasteiger charge is -2.10. The normalized spacial score (nSPS) is 10.8. The van der Waals surface area contributed by atoms with Crippen LogP contribution in [0.15, 0.2) is 24.5 Å². The van der Waals surface area contributed by atoms with Crippen LogP contribution in [-0.4, -0.2) is 15.9 Å². The minimum atomic E-state index is 0.0565. The van der Waals surface area contributed by atoms with Gasteiger partial charge in [0.05, 0.1) is 10.6 Å². The number of anilines is 1. The fraction of sp³-hybridized carbons (Fsp3) is 0.400. The Morgan fingerprint density at radius 1 is 1.40 bits per heavy atom. The van der Waals surface area contributed by atoms with Gasteiger partial charge in [-0.25, -0.2) is 4.98 Å². The number of nitrogens with one attached hydrogen (secondary N) is 1. The molecule has 2 aromatic heterocycles. The molecule has 2 rings (SSSR count). The van der Waals surface area contributed by atoms with Gasteiger partial charge in [-0.15, -0.1) is 0 Å². The molecule has 0 spiro atoms. The van der Waals surface area contributed by atoms with Crippen molar-refractivity contribution in [3.63, 3.8) is 0 Å². The van der Waals surface area contributed by atoms with Crippen LogP contribution >= 0.6 is 11.3 Å².